The molecule has 1 aliphatic rings. The fourth-order valence-electron chi connectivity index (χ4n) is 3.07. The van der Waals surface area contributed by atoms with Crippen LogP contribution in [0.1, 0.15) is 36.6 Å². The van der Waals surface area contributed by atoms with Gasteiger partial charge in [-0.15, -0.1) is 11.3 Å². The third kappa shape index (κ3) is 3.24. The lowest BCUT2D eigenvalue weighted by atomic mass is 9.96. The number of nitrogens with zero attached hydrogens (tertiary/aromatic N) is 1. The zero-order valence-corrected chi connectivity index (χ0v) is 12.5. The van der Waals surface area contributed by atoms with Crippen LogP contribution in [0, 0.1) is 16.0 Å². The summed E-state index contributed by atoms with van der Waals surface area (Å²) in [4.78, 5) is 11.9. The molecule has 110 valence electrons. The van der Waals surface area contributed by atoms with Gasteiger partial charge in [0.15, 0.2) is 0 Å². The second-order valence-corrected chi connectivity index (χ2v) is 6.47. The van der Waals surface area contributed by atoms with Crippen molar-refractivity contribution in [2.75, 3.05) is 5.32 Å². The highest BCUT2D eigenvalue weighted by atomic mass is 32.1. The number of anilines is 1. The molecule has 4 nitrogen and oxygen atoms in total. The van der Waals surface area contributed by atoms with Crippen LogP contribution in [0.4, 0.5) is 11.4 Å². The van der Waals surface area contributed by atoms with Crippen LogP contribution in [-0.4, -0.2) is 4.92 Å². The van der Waals surface area contributed by atoms with Crippen LogP contribution in [0.2, 0.25) is 0 Å². The van der Waals surface area contributed by atoms with E-state index in [4.69, 9.17) is 0 Å². The van der Waals surface area contributed by atoms with Crippen molar-refractivity contribution in [1.29, 1.82) is 0 Å². The molecule has 3 rings (SSSR count). The molecular weight excluding hydrogens is 284 g/mol. The molecule has 5 heteroatoms. The zero-order valence-electron chi connectivity index (χ0n) is 11.7. The second-order valence-electron chi connectivity index (χ2n) is 5.49. The molecule has 1 N–H and O–H groups in total. The number of hydrogen-bond donors (Lipinski definition) is 1. The van der Waals surface area contributed by atoms with Crippen LogP contribution in [0.25, 0.3) is 0 Å². The van der Waals surface area contributed by atoms with Gasteiger partial charge in [-0.3, -0.25) is 10.1 Å². The van der Waals surface area contributed by atoms with E-state index in [1.54, 1.807) is 23.5 Å². The number of non-ortho nitro benzene ring substituents is 1. The van der Waals surface area contributed by atoms with Crippen molar-refractivity contribution in [2.45, 2.75) is 31.7 Å². The fourth-order valence-corrected chi connectivity index (χ4v) is 3.94. The molecule has 1 atom stereocenters. The van der Waals surface area contributed by atoms with Gasteiger partial charge in [0, 0.05) is 22.7 Å². The Morgan fingerprint density at radius 3 is 2.71 bits per heavy atom. The summed E-state index contributed by atoms with van der Waals surface area (Å²) in [6.07, 6.45) is 5.02. The third-order valence-electron chi connectivity index (χ3n) is 4.10. The summed E-state index contributed by atoms with van der Waals surface area (Å²) in [5.74, 6) is 0.614. The minimum absolute atomic E-state index is 0.136. The molecule has 1 aromatic heterocycles. The standard InChI is InChI=1S/C16H18N2O2S/c19-18(20)14-8-3-7-13(11-14)17-16(12-5-1-2-6-12)15-9-4-10-21-15/h3-4,7-12,16-17H,1-2,5-6H2. The summed E-state index contributed by atoms with van der Waals surface area (Å²) in [6, 6.07) is 11.3. The van der Waals surface area contributed by atoms with Crippen LogP contribution >= 0.6 is 11.3 Å². The van der Waals surface area contributed by atoms with Gasteiger partial charge in [-0.05, 0) is 36.3 Å². The number of nitrogens with one attached hydrogen (secondary N) is 1. The van der Waals surface area contributed by atoms with Gasteiger partial charge >= 0.3 is 0 Å². The lowest BCUT2D eigenvalue weighted by molar-refractivity contribution is -0.384. The van der Waals surface area contributed by atoms with E-state index in [2.05, 4.69) is 22.8 Å². The van der Waals surface area contributed by atoms with Crippen LogP contribution in [0.5, 0.6) is 0 Å². The van der Waals surface area contributed by atoms with Gasteiger partial charge < -0.3 is 5.32 Å². The Kier molecular flexibility index (Phi) is 4.20. The van der Waals surface area contributed by atoms with E-state index < -0.39 is 0 Å². The lowest BCUT2D eigenvalue weighted by Gasteiger charge is -2.24. The van der Waals surface area contributed by atoms with E-state index in [0.29, 0.717) is 5.92 Å². The van der Waals surface area contributed by atoms with E-state index in [0.717, 1.165) is 5.69 Å². The van der Waals surface area contributed by atoms with Crippen LogP contribution < -0.4 is 5.32 Å². The van der Waals surface area contributed by atoms with Crippen molar-refractivity contribution in [2.24, 2.45) is 5.92 Å². The number of nitro benzene ring substituents is 1. The van der Waals surface area contributed by atoms with Crippen LogP contribution in [0.3, 0.4) is 0 Å². The average Bonchev–Trinajstić information content (AvgIpc) is 3.18. The molecule has 1 heterocycles. The molecule has 2 aromatic rings. The van der Waals surface area contributed by atoms with Crippen molar-refractivity contribution >= 4 is 22.7 Å². The van der Waals surface area contributed by atoms with Crippen molar-refractivity contribution in [3.8, 4) is 0 Å². The smallest absolute Gasteiger partial charge is 0.271 e. The number of hydrogen-bond acceptors (Lipinski definition) is 4. The normalized spacial score (nSPS) is 16.8. The molecule has 0 radical (unpaired) electrons. The van der Waals surface area contributed by atoms with Gasteiger partial charge in [0.2, 0.25) is 0 Å². The van der Waals surface area contributed by atoms with E-state index >= 15 is 0 Å². The first-order valence-corrected chi connectivity index (χ1v) is 8.16. The molecule has 0 aliphatic heterocycles. The maximum Gasteiger partial charge on any atom is 0.271 e. The molecule has 1 fully saturated rings. The molecule has 1 aromatic carbocycles. The summed E-state index contributed by atoms with van der Waals surface area (Å²) in [5, 5.41) is 16.5. The Hall–Kier alpha value is -1.88. The van der Waals surface area contributed by atoms with E-state index in [1.165, 1.54) is 36.6 Å². The monoisotopic (exact) mass is 302 g/mol. The summed E-state index contributed by atoms with van der Waals surface area (Å²) in [5.41, 5.74) is 0.964. The van der Waals surface area contributed by atoms with E-state index in [-0.39, 0.29) is 16.7 Å². The molecule has 1 aliphatic carbocycles. The van der Waals surface area contributed by atoms with Crippen molar-refractivity contribution in [3.05, 3.63) is 56.8 Å². The topological polar surface area (TPSA) is 55.2 Å². The first kappa shape index (κ1) is 14.1. The van der Waals surface area contributed by atoms with Gasteiger partial charge in [0.1, 0.15) is 0 Å². The fraction of sp³-hybridized carbons (Fsp3) is 0.375. The maximum absolute atomic E-state index is 10.9. The highest BCUT2D eigenvalue weighted by Gasteiger charge is 2.27. The molecule has 0 spiro atoms. The van der Waals surface area contributed by atoms with Crippen molar-refractivity contribution in [1.82, 2.24) is 0 Å². The highest BCUT2D eigenvalue weighted by molar-refractivity contribution is 7.10. The largest absolute Gasteiger partial charge is 0.377 e. The predicted octanol–water partition coefficient (Wildman–Crippen LogP) is 5.00. The number of nitro groups is 1. The SMILES string of the molecule is O=[N+]([O-])c1cccc(NC(c2cccs2)C2CCCC2)c1. The van der Waals surface area contributed by atoms with E-state index in [9.17, 15) is 10.1 Å². The zero-order chi connectivity index (χ0) is 14.7. The Bertz CT molecular complexity index is 606. The Balaban J connectivity index is 1.84. The summed E-state index contributed by atoms with van der Waals surface area (Å²) in [6.45, 7) is 0. The highest BCUT2D eigenvalue weighted by Crippen LogP contribution is 2.39. The maximum atomic E-state index is 10.9. The number of thiophene rings is 1. The molecule has 0 amide bonds. The molecule has 0 saturated heterocycles. The molecule has 1 saturated carbocycles. The molecule has 21 heavy (non-hydrogen) atoms. The minimum Gasteiger partial charge on any atom is -0.377 e. The van der Waals surface area contributed by atoms with Gasteiger partial charge in [-0.2, -0.15) is 0 Å². The first-order valence-electron chi connectivity index (χ1n) is 7.28. The van der Waals surface area contributed by atoms with Gasteiger partial charge in [-0.25, -0.2) is 0 Å². The van der Waals surface area contributed by atoms with Crippen molar-refractivity contribution < 1.29 is 4.92 Å². The second kappa shape index (κ2) is 6.26. The van der Waals surface area contributed by atoms with Gasteiger partial charge in [-0.1, -0.05) is 25.0 Å². The average molecular weight is 302 g/mol. The van der Waals surface area contributed by atoms with Crippen molar-refractivity contribution in [3.63, 3.8) is 0 Å². The van der Waals surface area contributed by atoms with Gasteiger partial charge in [0.05, 0.1) is 11.0 Å². The Morgan fingerprint density at radius 2 is 2.05 bits per heavy atom. The Morgan fingerprint density at radius 1 is 1.24 bits per heavy atom. The predicted molar refractivity (Wildman–Crippen MR) is 85.7 cm³/mol. The van der Waals surface area contributed by atoms with Crippen LogP contribution in [-0.2, 0) is 0 Å². The lowest BCUT2D eigenvalue weighted by Crippen LogP contribution is -2.18. The van der Waals surface area contributed by atoms with Gasteiger partial charge in [0.25, 0.3) is 5.69 Å². The molecule has 0 bridgehead atoms. The number of benzene rings is 1. The molecule has 1 unspecified atom stereocenters. The van der Waals surface area contributed by atoms with Crippen LogP contribution in [0.15, 0.2) is 41.8 Å². The first-order chi connectivity index (χ1) is 10.2. The summed E-state index contributed by atoms with van der Waals surface area (Å²) >= 11 is 1.75. The minimum atomic E-state index is -0.346. The quantitative estimate of drug-likeness (QED) is 0.624. The third-order valence-corrected chi connectivity index (χ3v) is 5.06. The number of rotatable bonds is 5. The Labute approximate surface area is 128 Å². The van der Waals surface area contributed by atoms with E-state index in [1.807, 2.05) is 6.07 Å². The summed E-state index contributed by atoms with van der Waals surface area (Å²) < 4.78 is 0. The summed E-state index contributed by atoms with van der Waals surface area (Å²) in [7, 11) is 0. The molecular formula is C16H18N2O2S.